The summed E-state index contributed by atoms with van der Waals surface area (Å²) in [5, 5.41) is 3.05. The number of carbonyl (C=O) groups excluding carboxylic acids is 2. The molecule has 2 aromatic carbocycles. The second-order valence-corrected chi connectivity index (χ2v) is 7.99. The second kappa shape index (κ2) is 10.3. The minimum Gasteiger partial charge on any atom is -0.497 e. The first-order chi connectivity index (χ1) is 15.0. The molecular formula is C25H32N2O4. The Morgan fingerprint density at radius 3 is 2.55 bits per heavy atom. The van der Waals surface area contributed by atoms with Gasteiger partial charge in [0.1, 0.15) is 11.5 Å². The van der Waals surface area contributed by atoms with E-state index < -0.39 is 0 Å². The molecule has 166 valence electrons. The number of nitrogens with one attached hydrogen (secondary N) is 1. The van der Waals surface area contributed by atoms with Gasteiger partial charge in [-0.15, -0.1) is 0 Å². The first-order valence-electron chi connectivity index (χ1n) is 10.8. The maximum absolute atomic E-state index is 13.3. The second-order valence-electron chi connectivity index (χ2n) is 7.99. The summed E-state index contributed by atoms with van der Waals surface area (Å²) in [6.45, 7) is 5.48. The molecule has 0 bridgehead atoms. The number of hydrogen-bond donors (Lipinski definition) is 1. The van der Waals surface area contributed by atoms with Crippen LogP contribution in [0, 0.1) is 12.8 Å². The summed E-state index contributed by atoms with van der Waals surface area (Å²) in [5.74, 6) is 0.787. The minimum atomic E-state index is -0.356. The van der Waals surface area contributed by atoms with E-state index >= 15 is 0 Å². The Bertz CT molecular complexity index is 927. The molecule has 1 N–H and O–H groups in total. The van der Waals surface area contributed by atoms with Crippen LogP contribution >= 0.6 is 0 Å². The van der Waals surface area contributed by atoms with Crippen molar-refractivity contribution in [1.29, 1.82) is 0 Å². The lowest BCUT2D eigenvalue weighted by atomic mass is 9.87. The van der Waals surface area contributed by atoms with Gasteiger partial charge in [-0.3, -0.25) is 9.59 Å². The van der Waals surface area contributed by atoms with Gasteiger partial charge in [-0.2, -0.15) is 0 Å². The predicted molar refractivity (Wildman–Crippen MR) is 121 cm³/mol. The molecule has 2 aromatic rings. The number of methoxy groups -OCH3 is 2. The van der Waals surface area contributed by atoms with Gasteiger partial charge in [-0.05, 0) is 43.2 Å². The lowest BCUT2D eigenvalue weighted by molar-refractivity contribution is -0.124. The van der Waals surface area contributed by atoms with Gasteiger partial charge in [-0.25, -0.2) is 0 Å². The first-order valence-corrected chi connectivity index (χ1v) is 10.8. The van der Waals surface area contributed by atoms with Crippen molar-refractivity contribution >= 4 is 11.8 Å². The van der Waals surface area contributed by atoms with E-state index in [0.717, 1.165) is 24.0 Å². The van der Waals surface area contributed by atoms with Gasteiger partial charge in [0.15, 0.2) is 0 Å². The fraction of sp³-hybridized carbons (Fsp3) is 0.440. The smallest absolute Gasteiger partial charge is 0.254 e. The van der Waals surface area contributed by atoms with Crippen LogP contribution in [0.4, 0.5) is 0 Å². The molecule has 0 aliphatic carbocycles. The zero-order valence-corrected chi connectivity index (χ0v) is 18.8. The van der Waals surface area contributed by atoms with E-state index in [1.54, 1.807) is 19.1 Å². The Balaban J connectivity index is 1.94. The number of likely N-dealkylation sites (tertiary alicyclic amines) is 1. The normalized spacial score (nSPS) is 18.0. The van der Waals surface area contributed by atoms with E-state index in [-0.39, 0.29) is 23.7 Å². The van der Waals surface area contributed by atoms with Crippen LogP contribution in [0.3, 0.4) is 0 Å². The highest BCUT2D eigenvalue weighted by Gasteiger charge is 2.42. The molecule has 2 amide bonds. The molecule has 0 aromatic heterocycles. The van der Waals surface area contributed by atoms with Gasteiger partial charge in [0.05, 0.1) is 20.1 Å². The Labute approximate surface area is 184 Å². The maximum atomic E-state index is 13.3. The largest absolute Gasteiger partial charge is 0.497 e. The van der Waals surface area contributed by atoms with Gasteiger partial charge >= 0.3 is 0 Å². The van der Waals surface area contributed by atoms with Crippen LogP contribution < -0.4 is 14.8 Å². The number of hydrogen-bond acceptors (Lipinski definition) is 4. The van der Waals surface area contributed by atoms with Crippen molar-refractivity contribution in [1.82, 2.24) is 10.2 Å². The highest BCUT2D eigenvalue weighted by atomic mass is 16.5. The van der Waals surface area contributed by atoms with E-state index in [0.29, 0.717) is 36.7 Å². The standard InChI is InChI=1S/C25H32N2O4/c1-5-6-13-26-24(28)22-16-27(25(29)19-10-8-7-9-17(19)2)15-21(22)20-14-18(30-3)11-12-23(20)31-4/h7-12,14,21-22H,5-6,13,15-16H2,1-4H3,(H,26,28)/t21-,22+/m0/s1. The van der Waals surface area contributed by atoms with Gasteiger partial charge in [0.25, 0.3) is 5.91 Å². The van der Waals surface area contributed by atoms with Crippen molar-refractivity contribution in [3.05, 3.63) is 59.2 Å². The van der Waals surface area contributed by atoms with Crippen LogP contribution in [-0.4, -0.2) is 50.6 Å². The summed E-state index contributed by atoms with van der Waals surface area (Å²) < 4.78 is 11.0. The third kappa shape index (κ3) is 5.01. The molecule has 31 heavy (non-hydrogen) atoms. The van der Waals surface area contributed by atoms with Crippen molar-refractivity contribution in [2.75, 3.05) is 33.9 Å². The quantitative estimate of drug-likeness (QED) is 0.655. The summed E-state index contributed by atoms with van der Waals surface area (Å²) in [7, 11) is 3.23. The van der Waals surface area contributed by atoms with E-state index in [2.05, 4.69) is 12.2 Å². The van der Waals surface area contributed by atoms with E-state index in [4.69, 9.17) is 9.47 Å². The number of unbranched alkanes of at least 4 members (excludes halogenated alkanes) is 1. The lowest BCUT2D eigenvalue weighted by Gasteiger charge is -2.21. The molecular weight excluding hydrogens is 392 g/mol. The summed E-state index contributed by atoms with van der Waals surface area (Å²) in [5.41, 5.74) is 2.49. The SMILES string of the molecule is CCCCNC(=O)[C@@H]1CN(C(=O)c2ccccc2C)C[C@H]1c1cc(OC)ccc1OC. The zero-order valence-electron chi connectivity index (χ0n) is 18.8. The molecule has 2 atom stereocenters. The molecule has 1 aliphatic heterocycles. The number of nitrogens with zero attached hydrogens (tertiary/aromatic N) is 1. The molecule has 6 heteroatoms. The van der Waals surface area contributed by atoms with Gasteiger partial charge < -0.3 is 19.7 Å². The Morgan fingerprint density at radius 2 is 1.87 bits per heavy atom. The Hall–Kier alpha value is -3.02. The van der Waals surface area contributed by atoms with Gasteiger partial charge in [0.2, 0.25) is 5.91 Å². The summed E-state index contributed by atoms with van der Waals surface area (Å²) in [6.07, 6.45) is 1.94. The topological polar surface area (TPSA) is 67.9 Å². The summed E-state index contributed by atoms with van der Waals surface area (Å²) in [4.78, 5) is 28.2. The fourth-order valence-corrected chi connectivity index (χ4v) is 4.18. The molecule has 1 heterocycles. The van der Waals surface area contributed by atoms with E-state index in [1.807, 2.05) is 49.4 Å². The third-order valence-corrected chi connectivity index (χ3v) is 5.99. The fourth-order valence-electron chi connectivity index (χ4n) is 4.18. The molecule has 6 nitrogen and oxygen atoms in total. The van der Waals surface area contributed by atoms with Crippen LogP contribution in [-0.2, 0) is 4.79 Å². The Kier molecular flexibility index (Phi) is 7.55. The number of rotatable bonds is 8. The molecule has 0 radical (unpaired) electrons. The molecule has 0 spiro atoms. The van der Waals surface area contributed by atoms with Crippen LogP contribution in [0.5, 0.6) is 11.5 Å². The molecule has 1 aliphatic rings. The van der Waals surface area contributed by atoms with Crippen molar-refractivity contribution in [2.45, 2.75) is 32.6 Å². The minimum absolute atomic E-state index is 0.0246. The van der Waals surface area contributed by atoms with Crippen LogP contribution in [0.25, 0.3) is 0 Å². The molecule has 0 saturated carbocycles. The summed E-state index contributed by atoms with van der Waals surface area (Å²) >= 11 is 0. The highest BCUT2D eigenvalue weighted by molar-refractivity contribution is 5.96. The number of carbonyl (C=O) groups is 2. The molecule has 3 rings (SSSR count). The average Bonchev–Trinajstić information content (AvgIpc) is 3.24. The highest BCUT2D eigenvalue weighted by Crippen LogP contribution is 2.40. The molecule has 1 fully saturated rings. The number of benzene rings is 2. The lowest BCUT2D eigenvalue weighted by Crippen LogP contribution is -2.36. The van der Waals surface area contributed by atoms with Crippen molar-refractivity contribution in [2.24, 2.45) is 5.92 Å². The van der Waals surface area contributed by atoms with Gasteiger partial charge in [-0.1, -0.05) is 31.5 Å². The van der Waals surface area contributed by atoms with E-state index in [9.17, 15) is 9.59 Å². The average molecular weight is 425 g/mol. The van der Waals surface area contributed by atoms with Crippen LogP contribution in [0.15, 0.2) is 42.5 Å². The predicted octanol–water partition coefficient (Wildman–Crippen LogP) is 3.78. The van der Waals surface area contributed by atoms with Crippen molar-refractivity contribution in [3.8, 4) is 11.5 Å². The van der Waals surface area contributed by atoms with Crippen molar-refractivity contribution < 1.29 is 19.1 Å². The first kappa shape index (κ1) is 22.7. The molecule has 1 saturated heterocycles. The van der Waals surface area contributed by atoms with Crippen LogP contribution in [0.2, 0.25) is 0 Å². The van der Waals surface area contributed by atoms with Gasteiger partial charge in [0, 0.05) is 36.7 Å². The third-order valence-electron chi connectivity index (χ3n) is 5.99. The number of ether oxygens (including phenoxy) is 2. The van der Waals surface area contributed by atoms with Crippen LogP contribution in [0.1, 0.15) is 47.2 Å². The van der Waals surface area contributed by atoms with Crippen molar-refractivity contribution in [3.63, 3.8) is 0 Å². The summed E-state index contributed by atoms with van der Waals surface area (Å²) in [6, 6.07) is 13.2. The number of amides is 2. The maximum Gasteiger partial charge on any atom is 0.254 e. The monoisotopic (exact) mass is 424 g/mol. The molecule has 0 unspecified atom stereocenters. The van der Waals surface area contributed by atoms with E-state index in [1.165, 1.54) is 0 Å². The Morgan fingerprint density at radius 1 is 1.10 bits per heavy atom. The zero-order chi connectivity index (χ0) is 22.4. The number of aryl methyl sites for hydroxylation is 1.